The van der Waals surface area contributed by atoms with Crippen molar-refractivity contribution in [3.8, 4) is 0 Å². The molecule has 6 heteroatoms. The number of nitrogens with one attached hydrogen (secondary N) is 2. The highest BCUT2D eigenvalue weighted by molar-refractivity contribution is 5.92. The third-order valence-electron chi connectivity index (χ3n) is 3.11. The molecule has 1 heterocycles. The fourth-order valence-electron chi connectivity index (χ4n) is 2.01. The summed E-state index contributed by atoms with van der Waals surface area (Å²) in [6, 6.07) is 8.33. The van der Waals surface area contributed by atoms with Crippen LogP contribution in [0.2, 0.25) is 0 Å². The van der Waals surface area contributed by atoms with Crippen LogP contribution in [0.3, 0.4) is 0 Å². The number of anilines is 1. The average Bonchev–Trinajstić information content (AvgIpc) is 2.45. The summed E-state index contributed by atoms with van der Waals surface area (Å²) in [5, 5.41) is 15.0. The molecule has 110 valence electrons. The minimum atomic E-state index is -0.932. The lowest BCUT2D eigenvalue weighted by Crippen LogP contribution is -2.38. The molecule has 2 aromatic rings. The van der Waals surface area contributed by atoms with E-state index >= 15 is 0 Å². The van der Waals surface area contributed by atoms with Crippen LogP contribution in [0.15, 0.2) is 36.5 Å². The summed E-state index contributed by atoms with van der Waals surface area (Å²) < 4.78 is 0. The van der Waals surface area contributed by atoms with Crippen LogP contribution in [-0.2, 0) is 4.79 Å². The molecule has 1 aromatic heterocycles. The summed E-state index contributed by atoms with van der Waals surface area (Å²) in [6.45, 7) is 1.83. The Hall–Kier alpha value is -2.63. The Morgan fingerprint density at radius 3 is 2.86 bits per heavy atom. The lowest BCUT2D eigenvalue weighted by atomic mass is 10.1. The van der Waals surface area contributed by atoms with Gasteiger partial charge in [-0.3, -0.25) is 9.78 Å². The van der Waals surface area contributed by atoms with Gasteiger partial charge in [0.15, 0.2) is 0 Å². The Bertz CT molecular complexity index is 657. The minimum Gasteiger partial charge on any atom is -0.481 e. The number of fused-ring (bicyclic) bond motifs is 1. The molecule has 1 unspecified atom stereocenters. The van der Waals surface area contributed by atoms with Crippen molar-refractivity contribution >= 4 is 28.6 Å². The fourth-order valence-corrected chi connectivity index (χ4v) is 2.01. The van der Waals surface area contributed by atoms with Crippen molar-refractivity contribution in [1.82, 2.24) is 10.3 Å². The van der Waals surface area contributed by atoms with Crippen LogP contribution in [0, 0.1) is 0 Å². The van der Waals surface area contributed by atoms with E-state index in [0.29, 0.717) is 12.1 Å². The minimum absolute atomic E-state index is 0.0917. The zero-order valence-electron chi connectivity index (χ0n) is 11.7. The molecule has 0 aliphatic rings. The number of carboxylic acid groups (broad SMARTS) is 1. The van der Waals surface area contributed by atoms with Crippen LogP contribution in [0.1, 0.15) is 19.8 Å². The number of aromatic nitrogens is 1. The third kappa shape index (κ3) is 4.17. The highest BCUT2D eigenvalue weighted by atomic mass is 16.4. The molecule has 2 amide bonds. The molecule has 0 aliphatic heterocycles. The predicted octanol–water partition coefficient (Wildman–Crippen LogP) is 2.61. The standard InChI is InChI=1S/C15H17N3O3/c1-2-11(9-14(19)20)17-15(21)18-12-5-6-13-10(8-12)4-3-7-16-13/h3-8,11H,2,9H2,1H3,(H,19,20)(H2,17,18,21). The van der Waals surface area contributed by atoms with Gasteiger partial charge in [-0.15, -0.1) is 0 Å². The van der Waals surface area contributed by atoms with Gasteiger partial charge in [-0.25, -0.2) is 4.79 Å². The van der Waals surface area contributed by atoms with Crippen molar-refractivity contribution in [2.45, 2.75) is 25.8 Å². The van der Waals surface area contributed by atoms with Crippen LogP contribution in [-0.4, -0.2) is 28.1 Å². The van der Waals surface area contributed by atoms with E-state index in [1.54, 1.807) is 12.3 Å². The topological polar surface area (TPSA) is 91.3 Å². The van der Waals surface area contributed by atoms with Gasteiger partial charge in [-0.1, -0.05) is 13.0 Å². The number of carbonyl (C=O) groups is 2. The average molecular weight is 287 g/mol. The molecule has 0 spiro atoms. The summed E-state index contributed by atoms with van der Waals surface area (Å²) >= 11 is 0. The quantitative estimate of drug-likeness (QED) is 0.788. The molecule has 1 atom stereocenters. The number of carbonyl (C=O) groups excluding carboxylic acids is 1. The molecule has 21 heavy (non-hydrogen) atoms. The van der Waals surface area contributed by atoms with Crippen LogP contribution in [0.4, 0.5) is 10.5 Å². The number of rotatable bonds is 5. The van der Waals surface area contributed by atoms with Gasteiger partial charge in [0.05, 0.1) is 11.9 Å². The highest BCUT2D eigenvalue weighted by Crippen LogP contribution is 2.16. The Morgan fingerprint density at radius 2 is 2.14 bits per heavy atom. The van der Waals surface area contributed by atoms with Gasteiger partial charge < -0.3 is 15.7 Å². The van der Waals surface area contributed by atoms with Crippen LogP contribution in [0.5, 0.6) is 0 Å². The van der Waals surface area contributed by atoms with Crippen LogP contribution >= 0.6 is 0 Å². The molecule has 3 N–H and O–H groups in total. The van der Waals surface area contributed by atoms with Crippen LogP contribution < -0.4 is 10.6 Å². The molecule has 0 saturated heterocycles. The first-order valence-corrected chi connectivity index (χ1v) is 6.72. The number of hydrogen-bond acceptors (Lipinski definition) is 3. The second kappa shape index (κ2) is 6.69. The maximum absolute atomic E-state index is 11.9. The Balaban J connectivity index is 2.02. The van der Waals surface area contributed by atoms with Crippen molar-refractivity contribution in [1.29, 1.82) is 0 Å². The van der Waals surface area contributed by atoms with Gasteiger partial charge >= 0.3 is 12.0 Å². The molecule has 0 fully saturated rings. The first kappa shape index (κ1) is 14.8. The number of carboxylic acids is 1. The van der Waals surface area contributed by atoms with Gasteiger partial charge in [0.2, 0.25) is 0 Å². The lowest BCUT2D eigenvalue weighted by molar-refractivity contribution is -0.137. The highest BCUT2D eigenvalue weighted by Gasteiger charge is 2.14. The monoisotopic (exact) mass is 287 g/mol. The molecule has 0 bridgehead atoms. The van der Waals surface area contributed by atoms with E-state index in [2.05, 4.69) is 15.6 Å². The number of amides is 2. The molecular formula is C15H17N3O3. The second-order valence-electron chi connectivity index (χ2n) is 4.71. The maximum Gasteiger partial charge on any atom is 0.319 e. The molecular weight excluding hydrogens is 270 g/mol. The van der Waals surface area contributed by atoms with Crippen molar-refractivity contribution in [2.75, 3.05) is 5.32 Å². The Kier molecular flexibility index (Phi) is 4.71. The zero-order chi connectivity index (χ0) is 15.2. The SMILES string of the molecule is CCC(CC(=O)O)NC(=O)Nc1ccc2ncccc2c1. The van der Waals surface area contributed by atoms with Crippen molar-refractivity contribution in [3.63, 3.8) is 0 Å². The van der Waals surface area contributed by atoms with E-state index in [1.165, 1.54) is 0 Å². The molecule has 0 radical (unpaired) electrons. The first-order chi connectivity index (χ1) is 10.1. The summed E-state index contributed by atoms with van der Waals surface area (Å²) in [5.74, 6) is -0.932. The third-order valence-corrected chi connectivity index (χ3v) is 3.11. The van der Waals surface area contributed by atoms with E-state index < -0.39 is 12.0 Å². The normalized spacial score (nSPS) is 11.9. The van der Waals surface area contributed by atoms with Gasteiger partial charge in [0, 0.05) is 23.3 Å². The van der Waals surface area contributed by atoms with Crippen molar-refractivity contribution < 1.29 is 14.7 Å². The van der Waals surface area contributed by atoms with E-state index in [-0.39, 0.29) is 12.5 Å². The van der Waals surface area contributed by atoms with Gasteiger partial charge in [0.1, 0.15) is 0 Å². The van der Waals surface area contributed by atoms with E-state index in [0.717, 1.165) is 10.9 Å². The Labute approximate surface area is 122 Å². The van der Waals surface area contributed by atoms with E-state index in [9.17, 15) is 9.59 Å². The van der Waals surface area contributed by atoms with Gasteiger partial charge in [0.25, 0.3) is 0 Å². The summed E-state index contributed by atoms with van der Waals surface area (Å²) in [6.07, 6.45) is 2.17. The number of pyridine rings is 1. The largest absolute Gasteiger partial charge is 0.481 e. The Morgan fingerprint density at radius 1 is 1.33 bits per heavy atom. The van der Waals surface area contributed by atoms with Crippen molar-refractivity contribution in [3.05, 3.63) is 36.5 Å². The summed E-state index contributed by atoms with van der Waals surface area (Å²) in [5.41, 5.74) is 1.49. The number of urea groups is 1. The lowest BCUT2D eigenvalue weighted by Gasteiger charge is -2.15. The second-order valence-corrected chi connectivity index (χ2v) is 4.71. The molecule has 0 saturated carbocycles. The number of hydrogen-bond donors (Lipinski definition) is 3. The predicted molar refractivity (Wildman–Crippen MR) is 80.2 cm³/mol. The maximum atomic E-state index is 11.9. The number of benzene rings is 1. The summed E-state index contributed by atoms with van der Waals surface area (Å²) in [7, 11) is 0. The van der Waals surface area contributed by atoms with Gasteiger partial charge in [-0.2, -0.15) is 0 Å². The van der Waals surface area contributed by atoms with E-state index in [4.69, 9.17) is 5.11 Å². The molecule has 1 aromatic carbocycles. The van der Waals surface area contributed by atoms with Gasteiger partial charge in [-0.05, 0) is 30.7 Å². The smallest absolute Gasteiger partial charge is 0.319 e. The van der Waals surface area contributed by atoms with E-state index in [1.807, 2.05) is 31.2 Å². The fraction of sp³-hybridized carbons (Fsp3) is 0.267. The van der Waals surface area contributed by atoms with Crippen LogP contribution in [0.25, 0.3) is 10.9 Å². The number of aliphatic carboxylic acids is 1. The van der Waals surface area contributed by atoms with Crippen molar-refractivity contribution in [2.24, 2.45) is 0 Å². The zero-order valence-corrected chi connectivity index (χ0v) is 11.7. The molecule has 2 rings (SSSR count). The molecule has 0 aliphatic carbocycles. The first-order valence-electron chi connectivity index (χ1n) is 6.72. The molecule has 6 nitrogen and oxygen atoms in total. The number of nitrogens with zero attached hydrogens (tertiary/aromatic N) is 1. The summed E-state index contributed by atoms with van der Waals surface area (Å²) in [4.78, 5) is 26.7.